The molecule has 2 aromatic heterocycles. The first-order chi connectivity index (χ1) is 5.77. The van der Waals surface area contributed by atoms with Crippen molar-refractivity contribution in [2.45, 2.75) is 6.92 Å². The van der Waals surface area contributed by atoms with E-state index in [1.165, 1.54) is 10.4 Å². The molecule has 62 valence electrons. The summed E-state index contributed by atoms with van der Waals surface area (Å²) in [6.07, 6.45) is 2.04. The first-order valence-corrected chi connectivity index (χ1v) is 4.69. The van der Waals surface area contributed by atoms with E-state index in [-0.39, 0.29) is 0 Å². The monoisotopic (exact) mass is 178 g/mol. The maximum atomic E-state index is 4.38. The minimum atomic E-state index is 1.10. The molecule has 0 amide bonds. The van der Waals surface area contributed by atoms with Crippen molar-refractivity contribution in [1.29, 1.82) is 0 Å². The minimum absolute atomic E-state index is 1.10. The van der Waals surface area contributed by atoms with Gasteiger partial charge in [0.15, 0.2) is 0 Å². The van der Waals surface area contributed by atoms with Gasteiger partial charge in [-0.3, -0.25) is 4.68 Å². The second-order valence-corrected chi connectivity index (χ2v) is 3.76. The van der Waals surface area contributed by atoms with Gasteiger partial charge in [0.05, 0.1) is 4.88 Å². The Hall–Kier alpha value is -1.09. The summed E-state index contributed by atoms with van der Waals surface area (Å²) in [5.41, 5.74) is 2.34. The molecule has 0 aliphatic heterocycles. The highest BCUT2D eigenvalue weighted by Crippen LogP contribution is 2.25. The van der Waals surface area contributed by atoms with E-state index in [9.17, 15) is 0 Å². The fourth-order valence-corrected chi connectivity index (χ4v) is 2.04. The summed E-state index contributed by atoms with van der Waals surface area (Å²) in [6.45, 7) is 2.09. The van der Waals surface area contributed by atoms with E-state index < -0.39 is 0 Å². The molecule has 0 unspecified atom stereocenters. The van der Waals surface area contributed by atoms with Gasteiger partial charge in [0.1, 0.15) is 5.69 Å². The molecule has 12 heavy (non-hydrogen) atoms. The molecule has 0 aromatic carbocycles. The Bertz CT molecular complexity index is 373. The number of aryl methyl sites for hydroxylation is 2. The van der Waals surface area contributed by atoms with Gasteiger partial charge in [0.2, 0.25) is 0 Å². The van der Waals surface area contributed by atoms with E-state index in [0.29, 0.717) is 0 Å². The molecule has 2 aromatic rings. The van der Waals surface area contributed by atoms with Crippen LogP contribution in [-0.4, -0.2) is 9.78 Å². The Morgan fingerprint density at radius 3 is 2.83 bits per heavy atom. The second kappa shape index (κ2) is 2.75. The molecule has 0 aliphatic carbocycles. The molecule has 2 heterocycles. The van der Waals surface area contributed by atoms with E-state index in [4.69, 9.17) is 0 Å². The Morgan fingerprint density at radius 1 is 1.50 bits per heavy atom. The van der Waals surface area contributed by atoms with Crippen molar-refractivity contribution in [1.82, 2.24) is 9.78 Å². The van der Waals surface area contributed by atoms with Crippen molar-refractivity contribution < 1.29 is 0 Å². The summed E-state index contributed by atoms with van der Waals surface area (Å²) in [6, 6.07) is 4.15. The predicted octanol–water partition coefficient (Wildman–Crippen LogP) is 2.46. The lowest BCUT2D eigenvalue weighted by Crippen LogP contribution is -1.86. The van der Waals surface area contributed by atoms with E-state index in [2.05, 4.69) is 23.5 Å². The maximum absolute atomic E-state index is 4.38. The SMILES string of the molecule is Cc1cn(C)nc1-c1cccs1. The van der Waals surface area contributed by atoms with Gasteiger partial charge >= 0.3 is 0 Å². The standard InChI is InChI=1S/C9H10N2S/c1-7-6-11(2)10-9(7)8-4-3-5-12-8/h3-6H,1-2H3. The van der Waals surface area contributed by atoms with Crippen LogP contribution in [0, 0.1) is 6.92 Å². The molecule has 0 radical (unpaired) electrons. The average molecular weight is 178 g/mol. The van der Waals surface area contributed by atoms with Crippen LogP contribution in [0.3, 0.4) is 0 Å². The highest BCUT2D eigenvalue weighted by atomic mass is 32.1. The Morgan fingerprint density at radius 2 is 2.33 bits per heavy atom. The fraction of sp³-hybridized carbons (Fsp3) is 0.222. The van der Waals surface area contributed by atoms with Crippen LogP contribution in [0.25, 0.3) is 10.6 Å². The van der Waals surface area contributed by atoms with Crippen molar-refractivity contribution in [2.75, 3.05) is 0 Å². The van der Waals surface area contributed by atoms with E-state index in [1.54, 1.807) is 11.3 Å². The lowest BCUT2D eigenvalue weighted by Gasteiger charge is -1.90. The lowest BCUT2D eigenvalue weighted by atomic mass is 10.2. The number of hydrogen-bond donors (Lipinski definition) is 0. The summed E-state index contributed by atoms with van der Waals surface area (Å²) in [4.78, 5) is 1.24. The number of aromatic nitrogens is 2. The smallest absolute Gasteiger partial charge is 0.105 e. The zero-order valence-corrected chi connectivity index (χ0v) is 7.93. The molecule has 0 N–H and O–H groups in total. The lowest BCUT2D eigenvalue weighted by molar-refractivity contribution is 0.771. The van der Waals surface area contributed by atoms with Gasteiger partial charge < -0.3 is 0 Å². The highest BCUT2D eigenvalue weighted by molar-refractivity contribution is 7.13. The largest absolute Gasteiger partial charge is 0.275 e. The molecule has 0 saturated heterocycles. The highest BCUT2D eigenvalue weighted by Gasteiger charge is 2.05. The average Bonchev–Trinajstić information content (AvgIpc) is 2.58. The van der Waals surface area contributed by atoms with Gasteiger partial charge in [-0.15, -0.1) is 11.3 Å². The Balaban J connectivity index is 2.54. The molecule has 0 fully saturated rings. The van der Waals surface area contributed by atoms with Crippen molar-refractivity contribution in [3.8, 4) is 10.6 Å². The van der Waals surface area contributed by atoms with Crippen molar-refractivity contribution in [3.05, 3.63) is 29.3 Å². The maximum Gasteiger partial charge on any atom is 0.105 e. The molecule has 3 heteroatoms. The molecule has 0 spiro atoms. The Kier molecular flexibility index (Phi) is 1.73. The summed E-state index contributed by atoms with van der Waals surface area (Å²) < 4.78 is 1.85. The molecule has 2 rings (SSSR count). The van der Waals surface area contributed by atoms with E-state index >= 15 is 0 Å². The van der Waals surface area contributed by atoms with E-state index in [0.717, 1.165) is 5.69 Å². The topological polar surface area (TPSA) is 17.8 Å². The molecule has 2 nitrogen and oxygen atoms in total. The third-order valence-electron chi connectivity index (χ3n) is 1.77. The third-order valence-corrected chi connectivity index (χ3v) is 2.64. The van der Waals surface area contributed by atoms with Crippen LogP contribution in [0.2, 0.25) is 0 Å². The van der Waals surface area contributed by atoms with E-state index in [1.807, 2.05) is 24.0 Å². The van der Waals surface area contributed by atoms with Crippen molar-refractivity contribution in [3.63, 3.8) is 0 Å². The van der Waals surface area contributed by atoms with Crippen LogP contribution in [0.15, 0.2) is 23.7 Å². The molecular formula is C9H10N2S. The van der Waals surface area contributed by atoms with Gasteiger partial charge in [-0.05, 0) is 23.9 Å². The van der Waals surface area contributed by atoms with Gasteiger partial charge in [-0.25, -0.2) is 0 Å². The zero-order valence-electron chi connectivity index (χ0n) is 7.11. The van der Waals surface area contributed by atoms with Gasteiger partial charge in [0.25, 0.3) is 0 Å². The summed E-state index contributed by atoms with van der Waals surface area (Å²) in [5, 5.41) is 6.45. The van der Waals surface area contributed by atoms with Crippen LogP contribution in [0.5, 0.6) is 0 Å². The first-order valence-electron chi connectivity index (χ1n) is 3.81. The third kappa shape index (κ3) is 1.16. The molecular weight excluding hydrogens is 168 g/mol. The molecule has 0 atom stereocenters. The van der Waals surface area contributed by atoms with Gasteiger partial charge in [0, 0.05) is 13.2 Å². The number of hydrogen-bond acceptors (Lipinski definition) is 2. The van der Waals surface area contributed by atoms with Crippen LogP contribution in [0.4, 0.5) is 0 Å². The van der Waals surface area contributed by atoms with Crippen molar-refractivity contribution in [2.24, 2.45) is 7.05 Å². The molecule has 0 bridgehead atoms. The molecule has 0 saturated carbocycles. The van der Waals surface area contributed by atoms with Crippen molar-refractivity contribution >= 4 is 11.3 Å². The second-order valence-electron chi connectivity index (χ2n) is 2.81. The zero-order chi connectivity index (χ0) is 8.55. The predicted molar refractivity (Wildman–Crippen MR) is 51.3 cm³/mol. The number of thiophene rings is 1. The fourth-order valence-electron chi connectivity index (χ4n) is 1.26. The molecule has 0 aliphatic rings. The Labute approximate surface area is 75.5 Å². The first kappa shape index (κ1) is 7.55. The minimum Gasteiger partial charge on any atom is -0.275 e. The van der Waals surface area contributed by atoms with Gasteiger partial charge in [-0.2, -0.15) is 5.10 Å². The number of rotatable bonds is 1. The number of nitrogens with zero attached hydrogens (tertiary/aromatic N) is 2. The van der Waals surface area contributed by atoms with Gasteiger partial charge in [-0.1, -0.05) is 6.07 Å². The van der Waals surface area contributed by atoms with Crippen LogP contribution in [-0.2, 0) is 7.05 Å². The quantitative estimate of drug-likeness (QED) is 0.656. The van der Waals surface area contributed by atoms with Crippen LogP contribution in [0.1, 0.15) is 5.56 Å². The van der Waals surface area contributed by atoms with Crippen LogP contribution < -0.4 is 0 Å². The van der Waals surface area contributed by atoms with Crippen LogP contribution >= 0.6 is 11.3 Å². The normalized spacial score (nSPS) is 10.5. The summed E-state index contributed by atoms with van der Waals surface area (Å²) in [7, 11) is 1.95. The summed E-state index contributed by atoms with van der Waals surface area (Å²) in [5.74, 6) is 0. The summed E-state index contributed by atoms with van der Waals surface area (Å²) >= 11 is 1.73.